The van der Waals surface area contributed by atoms with Gasteiger partial charge in [0.15, 0.2) is 11.5 Å². The molecule has 0 unspecified atom stereocenters. The van der Waals surface area contributed by atoms with Gasteiger partial charge in [-0.3, -0.25) is 4.79 Å². The number of benzene rings is 3. The predicted molar refractivity (Wildman–Crippen MR) is 104 cm³/mol. The Morgan fingerprint density at radius 1 is 1.08 bits per heavy atom. The van der Waals surface area contributed by atoms with Gasteiger partial charge in [0, 0.05) is 4.47 Å². The second-order valence-corrected chi connectivity index (χ2v) is 6.69. The van der Waals surface area contributed by atoms with E-state index >= 15 is 0 Å². The zero-order valence-electron chi connectivity index (χ0n) is 13.7. The number of rotatable bonds is 4. The molecule has 0 aliphatic carbocycles. The Balaban J connectivity index is 1.44. The molecule has 4 rings (SSSR count). The summed E-state index contributed by atoms with van der Waals surface area (Å²) >= 11 is 3.54. The van der Waals surface area contributed by atoms with Crippen LogP contribution in [0.3, 0.4) is 0 Å². The van der Waals surface area contributed by atoms with Crippen molar-refractivity contribution in [3.05, 3.63) is 70.2 Å². The lowest BCUT2D eigenvalue weighted by Gasteiger charge is -2.07. The van der Waals surface area contributed by atoms with E-state index in [-0.39, 0.29) is 19.1 Å². The van der Waals surface area contributed by atoms with E-state index in [1.807, 2.05) is 54.6 Å². The summed E-state index contributed by atoms with van der Waals surface area (Å²) in [5, 5.41) is 6.17. The summed E-state index contributed by atoms with van der Waals surface area (Å²) in [6.45, 7) is 0.230. The van der Waals surface area contributed by atoms with Crippen molar-refractivity contribution in [2.24, 2.45) is 5.10 Å². The standard InChI is InChI=1S/C20H15BrN2O3/c21-17-7-6-14(15-3-1-2-4-16(15)17)10-20(24)23-22-11-13-5-8-18-19(9-13)26-12-25-18/h1-9,11H,10,12H2,(H,23,24)/b22-11+. The van der Waals surface area contributed by atoms with Gasteiger partial charge in [0.25, 0.3) is 0 Å². The Morgan fingerprint density at radius 2 is 1.88 bits per heavy atom. The molecular formula is C20H15BrN2O3. The molecule has 6 heteroatoms. The van der Waals surface area contributed by atoms with Gasteiger partial charge in [0.1, 0.15) is 0 Å². The molecular weight excluding hydrogens is 396 g/mol. The molecule has 1 heterocycles. The molecule has 0 bridgehead atoms. The molecule has 0 spiro atoms. The molecule has 0 radical (unpaired) electrons. The van der Waals surface area contributed by atoms with Crippen molar-refractivity contribution in [3.63, 3.8) is 0 Å². The molecule has 1 aliphatic heterocycles. The lowest BCUT2D eigenvalue weighted by Crippen LogP contribution is -2.19. The van der Waals surface area contributed by atoms with E-state index in [1.165, 1.54) is 0 Å². The molecule has 1 aliphatic rings. The number of hydrazone groups is 1. The maximum atomic E-state index is 12.2. The topological polar surface area (TPSA) is 59.9 Å². The Hall–Kier alpha value is -2.86. The number of halogens is 1. The molecule has 0 aromatic heterocycles. The van der Waals surface area contributed by atoms with Gasteiger partial charge >= 0.3 is 0 Å². The van der Waals surface area contributed by atoms with Crippen molar-refractivity contribution in [1.82, 2.24) is 5.43 Å². The highest BCUT2D eigenvalue weighted by Gasteiger charge is 2.12. The van der Waals surface area contributed by atoms with Crippen molar-refractivity contribution >= 4 is 38.8 Å². The van der Waals surface area contributed by atoms with Crippen LogP contribution in [0, 0.1) is 0 Å². The van der Waals surface area contributed by atoms with E-state index in [9.17, 15) is 4.79 Å². The van der Waals surface area contributed by atoms with Crippen LogP contribution < -0.4 is 14.9 Å². The number of nitrogens with zero attached hydrogens (tertiary/aromatic N) is 1. The van der Waals surface area contributed by atoms with Crippen molar-refractivity contribution in [3.8, 4) is 11.5 Å². The van der Waals surface area contributed by atoms with Crippen LogP contribution in [-0.2, 0) is 11.2 Å². The SMILES string of the molecule is O=C(Cc1ccc(Br)c2ccccc12)N/N=C/c1ccc2c(c1)OCO2. The van der Waals surface area contributed by atoms with Crippen LogP contribution in [0.1, 0.15) is 11.1 Å². The maximum absolute atomic E-state index is 12.2. The summed E-state index contributed by atoms with van der Waals surface area (Å²) in [7, 11) is 0. The minimum absolute atomic E-state index is 0.172. The monoisotopic (exact) mass is 410 g/mol. The molecule has 3 aromatic rings. The fourth-order valence-corrected chi connectivity index (χ4v) is 3.34. The smallest absolute Gasteiger partial charge is 0.244 e. The number of hydrogen-bond donors (Lipinski definition) is 1. The third kappa shape index (κ3) is 3.41. The fourth-order valence-electron chi connectivity index (χ4n) is 2.86. The number of nitrogens with one attached hydrogen (secondary N) is 1. The third-order valence-electron chi connectivity index (χ3n) is 4.11. The highest BCUT2D eigenvalue weighted by atomic mass is 79.9. The summed E-state index contributed by atoms with van der Waals surface area (Å²) < 4.78 is 11.6. The van der Waals surface area contributed by atoms with Gasteiger partial charge in [-0.25, -0.2) is 5.43 Å². The Kier molecular flexibility index (Phi) is 4.58. The number of ether oxygens (including phenoxy) is 2. The van der Waals surface area contributed by atoms with Crippen LogP contribution in [0.4, 0.5) is 0 Å². The van der Waals surface area contributed by atoms with E-state index in [2.05, 4.69) is 26.5 Å². The lowest BCUT2D eigenvalue weighted by atomic mass is 10.0. The molecule has 0 saturated heterocycles. The minimum Gasteiger partial charge on any atom is -0.454 e. The average Bonchev–Trinajstić information content (AvgIpc) is 3.12. The summed E-state index contributed by atoms with van der Waals surface area (Å²) in [6, 6.07) is 17.4. The van der Waals surface area contributed by atoms with Crippen LogP contribution in [0.2, 0.25) is 0 Å². The average molecular weight is 411 g/mol. The van der Waals surface area contributed by atoms with E-state index < -0.39 is 0 Å². The molecule has 0 saturated carbocycles. The first-order valence-electron chi connectivity index (χ1n) is 8.08. The second kappa shape index (κ2) is 7.17. The summed E-state index contributed by atoms with van der Waals surface area (Å²) in [5.41, 5.74) is 4.35. The molecule has 1 amide bonds. The summed E-state index contributed by atoms with van der Waals surface area (Å²) in [5.74, 6) is 1.23. The highest BCUT2D eigenvalue weighted by molar-refractivity contribution is 9.10. The van der Waals surface area contributed by atoms with Crippen LogP contribution >= 0.6 is 15.9 Å². The minimum atomic E-state index is -0.172. The van der Waals surface area contributed by atoms with E-state index in [4.69, 9.17) is 9.47 Å². The normalized spacial score (nSPS) is 12.7. The van der Waals surface area contributed by atoms with Gasteiger partial charge < -0.3 is 9.47 Å². The Morgan fingerprint density at radius 3 is 2.77 bits per heavy atom. The van der Waals surface area contributed by atoms with Gasteiger partial charge in [-0.15, -0.1) is 0 Å². The van der Waals surface area contributed by atoms with Gasteiger partial charge in [-0.2, -0.15) is 5.10 Å². The molecule has 130 valence electrons. The summed E-state index contributed by atoms with van der Waals surface area (Å²) in [4.78, 5) is 12.2. The van der Waals surface area contributed by atoms with Crippen LogP contribution in [0.25, 0.3) is 10.8 Å². The third-order valence-corrected chi connectivity index (χ3v) is 4.80. The first-order chi connectivity index (χ1) is 12.7. The largest absolute Gasteiger partial charge is 0.454 e. The highest BCUT2D eigenvalue weighted by Crippen LogP contribution is 2.32. The van der Waals surface area contributed by atoms with Gasteiger partial charge in [0.05, 0.1) is 12.6 Å². The van der Waals surface area contributed by atoms with Gasteiger partial charge in [-0.1, -0.05) is 46.3 Å². The van der Waals surface area contributed by atoms with Crippen molar-refractivity contribution in [2.75, 3.05) is 6.79 Å². The molecule has 26 heavy (non-hydrogen) atoms. The maximum Gasteiger partial charge on any atom is 0.244 e. The van der Waals surface area contributed by atoms with Crippen LogP contribution in [0.15, 0.2) is 64.2 Å². The molecule has 3 aromatic carbocycles. The van der Waals surface area contributed by atoms with E-state index in [1.54, 1.807) is 6.21 Å². The van der Waals surface area contributed by atoms with Crippen LogP contribution in [-0.4, -0.2) is 18.9 Å². The predicted octanol–water partition coefficient (Wildman–Crippen LogP) is 4.02. The molecule has 0 atom stereocenters. The number of carbonyl (C=O) groups is 1. The zero-order valence-corrected chi connectivity index (χ0v) is 15.3. The molecule has 1 N–H and O–H groups in total. The summed E-state index contributed by atoms with van der Waals surface area (Å²) in [6.07, 6.45) is 1.84. The second-order valence-electron chi connectivity index (χ2n) is 5.83. The first kappa shape index (κ1) is 16.6. The molecule has 5 nitrogen and oxygen atoms in total. The molecule has 0 fully saturated rings. The zero-order chi connectivity index (χ0) is 17.9. The van der Waals surface area contributed by atoms with Crippen molar-refractivity contribution in [1.29, 1.82) is 0 Å². The number of amides is 1. The number of hydrogen-bond acceptors (Lipinski definition) is 4. The van der Waals surface area contributed by atoms with Crippen LogP contribution in [0.5, 0.6) is 11.5 Å². The Bertz CT molecular complexity index is 1020. The van der Waals surface area contributed by atoms with Gasteiger partial charge in [-0.05, 0) is 46.2 Å². The lowest BCUT2D eigenvalue weighted by molar-refractivity contribution is -0.120. The van der Waals surface area contributed by atoms with Crippen molar-refractivity contribution < 1.29 is 14.3 Å². The van der Waals surface area contributed by atoms with E-state index in [0.29, 0.717) is 11.5 Å². The number of fused-ring (bicyclic) bond motifs is 2. The Labute approximate surface area is 158 Å². The fraction of sp³-hybridized carbons (Fsp3) is 0.100. The quantitative estimate of drug-likeness (QED) is 0.521. The van der Waals surface area contributed by atoms with Crippen molar-refractivity contribution in [2.45, 2.75) is 6.42 Å². The number of carbonyl (C=O) groups excluding carboxylic acids is 1. The van der Waals surface area contributed by atoms with Gasteiger partial charge in [0.2, 0.25) is 12.7 Å². The first-order valence-corrected chi connectivity index (χ1v) is 8.88. The van der Waals surface area contributed by atoms with E-state index in [0.717, 1.165) is 26.4 Å².